The molecule has 3 unspecified atom stereocenters. The Kier molecular flexibility index (Phi) is 2.49. The minimum atomic E-state index is -0.0538. The lowest BCUT2D eigenvalue weighted by Gasteiger charge is -2.50. The number of hydrogen-bond donors (Lipinski definition) is 0. The quantitative estimate of drug-likeness (QED) is 0.708. The van der Waals surface area contributed by atoms with Crippen molar-refractivity contribution in [3.8, 4) is 0 Å². The molecular weight excluding hydrogens is 220 g/mol. The lowest BCUT2D eigenvalue weighted by Crippen LogP contribution is -2.46. The monoisotopic (exact) mass is 240 g/mol. The van der Waals surface area contributed by atoms with Gasteiger partial charge >= 0.3 is 0 Å². The summed E-state index contributed by atoms with van der Waals surface area (Å²) < 4.78 is 5.77. The molecule has 0 saturated heterocycles. The van der Waals surface area contributed by atoms with Crippen LogP contribution in [0.25, 0.3) is 5.57 Å². The van der Waals surface area contributed by atoms with Gasteiger partial charge in [-0.05, 0) is 24.5 Å². The highest BCUT2D eigenvalue weighted by molar-refractivity contribution is 5.75. The van der Waals surface area contributed by atoms with Crippen molar-refractivity contribution < 1.29 is 4.74 Å². The first kappa shape index (κ1) is 11.7. The molecule has 0 spiro atoms. The summed E-state index contributed by atoms with van der Waals surface area (Å²) in [7, 11) is 1.83. The molecule has 3 atom stereocenters. The smallest absolute Gasteiger partial charge is 0.0759 e. The van der Waals surface area contributed by atoms with Crippen LogP contribution in [0.3, 0.4) is 0 Å². The zero-order valence-electron chi connectivity index (χ0n) is 11.3. The Balaban J connectivity index is 2.08. The topological polar surface area (TPSA) is 9.23 Å². The molecule has 18 heavy (non-hydrogen) atoms. The van der Waals surface area contributed by atoms with Gasteiger partial charge in [0.15, 0.2) is 0 Å². The highest BCUT2D eigenvalue weighted by Gasteiger charge is 2.48. The molecule has 0 radical (unpaired) electrons. The van der Waals surface area contributed by atoms with Crippen LogP contribution in [0.4, 0.5) is 0 Å². The summed E-state index contributed by atoms with van der Waals surface area (Å²) in [6.07, 6.45) is 8.11. The third-order valence-corrected chi connectivity index (χ3v) is 4.61. The molecule has 3 aliphatic carbocycles. The first-order valence-electron chi connectivity index (χ1n) is 6.60. The van der Waals surface area contributed by atoms with Gasteiger partial charge in [-0.2, -0.15) is 0 Å². The van der Waals surface area contributed by atoms with Gasteiger partial charge in [0.1, 0.15) is 0 Å². The molecule has 94 valence electrons. The van der Waals surface area contributed by atoms with E-state index in [1.165, 1.54) is 11.1 Å². The van der Waals surface area contributed by atoms with Crippen molar-refractivity contribution in [2.24, 2.45) is 11.3 Å². The SMILES string of the molecule is COC1(C)CC2(C)C=CC1C=C2c1ccccc1. The number of allylic oxidation sites excluding steroid dienone is 2. The third-order valence-electron chi connectivity index (χ3n) is 4.61. The molecule has 4 rings (SSSR count). The van der Waals surface area contributed by atoms with E-state index in [2.05, 4.69) is 62.4 Å². The largest absolute Gasteiger partial charge is 0.378 e. The number of hydrogen-bond acceptors (Lipinski definition) is 1. The number of methoxy groups -OCH3 is 1. The van der Waals surface area contributed by atoms with E-state index in [9.17, 15) is 0 Å². The molecule has 0 saturated carbocycles. The molecule has 0 N–H and O–H groups in total. The van der Waals surface area contributed by atoms with Crippen molar-refractivity contribution in [2.45, 2.75) is 25.9 Å². The number of benzene rings is 1. The first-order valence-corrected chi connectivity index (χ1v) is 6.60. The van der Waals surface area contributed by atoms with Crippen molar-refractivity contribution >= 4 is 5.57 Å². The van der Waals surface area contributed by atoms with Gasteiger partial charge in [-0.15, -0.1) is 0 Å². The summed E-state index contributed by atoms with van der Waals surface area (Å²) in [5.41, 5.74) is 2.83. The molecule has 0 heterocycles. The number of rotatable bonds is 2. The average Bonchev–Trinajstić information content (AvgIpc) is 2.39. The van der Waals surface area contributed by atoms with Gasteiger partial charge in [-0.25, -0.2) is 0 Å². The number of ether oxygens (including phenoxy) is 1. The summed E-state index contributed by atoms with van der Waals surface area (Å²) in [4.78, 5) is 0. The van der Waals surface area contributed by atoms with Gasteiger partial charge in [0, 0.05) is 18.4 Å². The Morgan fingerprint density at radius 1 is 1.17 bits per heavy atom. The fraction of sp³-hybridized carbons (Fsp3) is 0.412. The molecular formula is C17H20O. The first-order chi connectivity index (χ1) is 8.57. The maximum atomic E-state index is 5.77. The van der Waals surface area contributed by atoms with Crippen LogP contribution in [-0.2, 0) is 4.74 Å². The lowest BCUT2D eigenvalue weighted by atomic mass is 9.59. The highest BCUT2D eigenvalue weighted by Crippen LogP contribution is 2.54. The Labute approximate surface area is 109 Å². The van der Waals surface area contributed by atoms with E-state index < -0.39 is 0 Å². The lowest BCUT2D eigenvalue weighted by molar-refractivity contribution is -0.0461. The Morgan fingerprint density at radius 3 is 2.50 bits per heavy atom. The second-order valence-electron chi connectivity index (χ2n) is 5.94. The Hall–Kier alpha value is -1.34. The van der Waals surface area contributed by atoms with Crippen molar-refractivity contribution in [1.29, 1.82) is 0 Å². The maximum absolute atomic E-state index is 5.77. The van der Waals surface area contributed by atoms with Crippen molar-refractivity contribution in [1.82, 2.24) is 0 Å². The number of fused-ring (bicyclic) bond motifs is 1. The van der Waals surface area contributed by atoms with E-state index in [1.807, 2.05) is 7.11 Å². The predicted molar refractivity (Wildman–Crippen MR) is 75.2 cm³/mol. The highest BCUT2D eigenvalue weighted by atomic mass is 16.5. The molecule has 2 bridgehead atoms. The summed E-state index contributed by atoms with van der Waals surface area (Å²) in [6, 6.07) is 10.7. The normalized spacial score (nSPS) is 37.7. The standard InChI is InChI=1S/C17H20O/c1-16-10-9-14(17(2,12-16)18-3)11-15(16)13-7-5-4-6-8-13/h4-11,14H,12H2,1-3H3. The van der Waals surface area contributed by atoms with Crippen LogP contribution >= 0.6 is 0 Å². The van der Waals surface area contributed by atoms with Crippen molar-refractivity contribution in [2.75, 3.05) is 7.11 Å². The minimum Gasteiger partial charge on any atom is -0.378 e. The average molecular weight is 240 g/mol. The van der Waals surface area contributed by atoms with Crippen molar-refractivity contribution in [3.63, 3.8) is 0 Å². The van der Waals surface area contributed by atoms with E-state index in [-0.39, 0.29) is 11.0 Å². The molecule has 0 aliphatic heterocycles. The van der Waals surface area contributed by atoms with Crippen LogP contribution in [0, 0.1) is 11.3 Å². The minimum absolute atomic E-state index is 0.0538. The molecule has 3 aliphatic rings. The molecule has 1 heteroatoms. The molecule has 1 aromatic carbocycles. The van der Waals surface area contributed by atoms with Crippen LogP contribution in [0.1, 0.15) is 25.8 Å². The van der Waals surface area contributed by atoms with Crippen LogP contribution < -0.4 is 0 Å². The summed E-state index contributed by atoms with van der Waals surface area (Å²) in [5.74, 6) is 0.388. The molecule has 0 fully saturated rings. The fourth-order valence-electron chi connectivity index (χ4n) is 3.46. The van der Waals surface area contributed by atoms with E-state index in [0.29, 0.717) is 5.92 Å². The fourth-order valence-corrected chi connectivity index (χ4v) is 3.46. The van der Waals surface area contributed by atoms with E-state index >= 15 is 0 Å². The van der Waals surface area contributed by atoms with Crippen LogP contribution in [0.5, 0.6) is 0 Å². The van der Waals surface area contributed by atoms with E-state index in [4.69, 9.17) is 4.74 Å². The Bertz CT molecular complexity index is 514. The van der Waals surface area contributed by atoms with E-state index in [1.54, 1.807) is 0 Å². The van der Waals surface area contributed by atoms with Gasteiger partial charge in [0.05, 0.1) is 5.60 Å². The van der Waals surface area contributed by atoms with Gasteiger partial charge in [0.25, 0.3) is 0 Å². The van der Waals surface area contributed by atoms with Gasteiger partial charge < -0.3 is 4.74 Å². The molecule has 1 aromatic rings. The van der Waals surface area contributed by atoms with Crippen LogP contribution in [0.15, 0.2) is 48.6 Å². The zero-order chi connectivity index (χ0) is 12.8. The van der Waals surface area contributed by atoms with Crippen molar-refractivity contribution in [3.05, 3.63) is 54.1 Å². The van der Waals surface area contributed by atoms with Crippen LogP contribution in [-0.4, -0.2) is 12.7 Å². The zero-order valence-corrected chi connectivity index (χ0v) is 11.3. The third kappa shape index (κ3) is 1.58. The van der Waals surface area contributed by atoms with Gasteiger partial charge in [-0.3, -0.25) is 0 Å². The maximum Gasteiger partial charge on any atom is 0.0759 e. The van der Waals surface area contributed by atoms with E-state index in [0.717, 1.165) is 6.42 Å². The van der Waals surface area contributed by atoms with Gasteiger partial charge in [0.2, 0.25) is 0 Å². The summed E-state index contributed by atoms with van der Waals surface area (Å²) in [5, 5.41) is 0. The predicted octanol–water partition coefficient (Wildman–Crippen LogP) is 4.07. The molecule has 1 nitrogen and oxygen atoms in total. The second kappa shape index (κ2) is 3.83. The van der Waals surface area contributed by atoms with Crippen LogP contribution in [0.2, 0.25) is 0 Å². The molecule has 0 aromatic heterocycles. The summed E-state index contributed by atoms with van der Waals surface area (Å²) in [6.45, 7) is 4.53. The molecule has 0 amide bonds. The van der Waals surface area contributed by atoms with Gasteiger partial charge in [-0.1, -0.05) is 55.5 Å². The Morgan fingerprint density at radius 2 is 1.89 bits per heavy atom. The second-order valence-corrected chi connectivity index (χ2v) is 5.94. The summed E-state index contributed by atoms with van der Waals surface area (Å²) >= 11 is 0.